The summed E-state index contributed by atoms with van der Waals surface area (Å²) in [5, 5.41) is 0. The third-order valence-corrected chi connectivity index (χ3v) is 7.61. The van der Waals surface area contributed by atoms with Gasteiger partial charge in [0.05, 0.1) is 17.4 Å². The zero-order valence-electron chi connectivity index (χ0n) is 14.9. The molecule has 1 saturated heterocycles. The summed E-state index contributed by atoms with van der Waals surface area (Å²) >= 11 is 11.6. The van der Waals surface area contributed by atoms with E-state index in [9.17, 15) is 13.2 Å². The van der Waals surface area contributed by atoms with Gasteiger partial charge in [-0.2, -0.15) is 0 Å². The molecule has 3 atom stereocenters. The molecule has 1 aromatic carbocycles. The maximum absolute atomic E-state index is 13.3. The molecule has 3 rings (SSSR count). The van der Waals surface area contributed by atoms with Crippen molar-refractivity contribution < 1.29 is 13.2 Å². The lowest BCUT2D eigenvalue weighted by Crippen LogP contribution is -2.42. The number of benzene rings is 1. The van der Waals surface area contributed by atoms with E-state index in [0.717, 1.165) is 5.56 Å². The summed E-state index contributed by atoms with van der Waals surface area (Å²) in [7, 11) is -3.08. The van der Waals surface area contributed by atoms with Crippen molar-refractivity contribution in [1.82, 2.24) is 4.90 Å². The molecular weight excluding hydrogens is 393 g/mol. The number of carbonyl (C=O) groups is 1. The van der Waals surface area contributed by atoms with E-state index in [-0.39, 0.29) is 45.2 Å². The van der Waals surface area contributed by atoms with Crippen molar-refractivity contribution in [2.75, 3.05) is 11.5 Å². The predicted molar refractivity (Wildman–Crippen MR) is 105 cm³/mol. The Kier molecular flexibility index (Phi) is 5.44. The van der Waals surface area contributed by atoms with E-state index >= 15 is 0 Å². The third-order valence-electron chi connectivity index (χ3n) is 5.61. The number of allylic oxidation sites excluding steroid dienone is 1. The molecule has 142 valence electrons. The third kappa shape index (κ3) is 4.10. The first-order chi connectivity index (χ1) is 12.1. The second-order valence-corrected chi connectivity index (χ2v) is 11.0. The molecule has 1 aromatic rings. The number of hydrogen-bond donors (Lipinski definition) is 0. The fraction of sp³-hybridized carbons (Fsp3) is 0.526. The Morgan fingerprint density at radius 2 is 1.92 bits per heavy atom. The first-order valence-electron chi connectivity index (χ1n) is 8.69. The van der Waals surface area contributed by atoms with Gasteiger partial charge in [-0.25, -0.2) is 8.42 Å². The summed E-state index contributed by atoms with van der Waals surface area (Å²) in [6.07, 6.45) is 2.21. The highest BCUT2D eigenvalue weighted by Gasteiger charge is 2.62. The van der Waals surface area contributed by atoms with Crippen LogP contribution in [0.1, 0.15) is 25.8 Å². The van der Waals surface area contributed by atoms with E-state index in [2.05, 4.69) is 0 Å². The highest BCUT2D eigenvalue weighted by molar-refractivity contribution is 7.91. The molecule has 26 heavy (non-hydrogen) atoms. The van der Waals surface area contributed by atoms with Gasteiger partial charge in [0.1, 0.15) is 4.49 Å². The van der Waals surface area contributed by atoms with Gasteiger partial charge in [0.2, 0.25) is 5.91 Å². The number of nitrogens with zero attached hydrogens (tertiary/aromatic N) is 1. The first kappa shape index (κ1) is 19.7. The van der Waals surface area contributed by atoms with E-state index in [1.165, 1.54) is 0 Å². The van der Waals surface area contributed by atoms with Gasteiger partial charge in [0.15, 0.2) is 9.84 Å². The normalized spacial score (nSPS) is 28.4. The molecule has 0 bridgehead atoms. The molecule has 0 spiro atoms. The molecule has 1 amide bonds. The quantitative estimate of drug-likeness (QED) is 0.734. The Bertz CT molecular complexity index is 816. The van der Waals surface area contributed by atoms with Crippen LogP contribution in [0.4, 0.5) is 0 Å². The molecule has 2 aliphatic rings. The van der Waals surface area contributed by atoms with Crippen molar-refractivity contribution in [3.63, 3.8) is 0 Å². The summed E-state index contributed by atoms with van der Waals surface area (Å²) in [5.74, 6) is -0.105. The van der Waals surface area contributed by atoms with Gasteiger partial charge in [-0.05, 0) is 29.4 Å². The van der Waals surface area contributed by atoms with E-state index in [0.29, 0.717) is 13.0 Å². The van der Waals surface area contributed by atoms with Crippen LogP contribution in [-0.4, -0.2) is 36.8 Å². The monoisotopic (exact) mass is 415 g/mol. The van der Waals surface area contributed by atoms with Crippen LogP contribution in [-0.2, 0) is 21.2 Å². The molecular formula is C19H23Cl2NO3S. The first-order valence-corrected chi connectivity index (χ1v) is 11.3. The minimum absolute atomic E-state index is 0.0169. The fourth-order valence-electron chi connectivity index (χ4n) is 3.96. The molecule has 2 fully saturated rings. The minimum Gasteiger partial charge on any atom is -0.334 e. The maximum atomic E-state index is 13.3. The maximum Gasteiger partial charge on any atom is 0.227 e. The van der Waals surface area contributed by atoms with Gasteiger partial charge in [0.25, 0.3) is 0 Å². The fourth-order valence-corrected chi connectivity index (χ4v) is 5.97. The Morgan fingerprint density at radius 1 is 1.27 bits per heavy atom. The molecule has 0 radical (unpaired) electrons. The lowest BCUT2D eigenvalue weighted by Gasteiger charge is -2.29. The summed E-state index contributed by atoms with van der Waals surface area (Å²) in [6, 6.07) is 9.39. The van der Waals surface area contributed by atoms with Crippen molar-refractivity contribution in [2.45, 2.75) is 32.9 Å². The summed E-state index contributed by atoms with van der Waals surface area (Å²) in [6.45, 7) is 4.44. The van der Waals surface area contributed by atoms with Crippen LogP contribution in [0.3, 0.4) is 0 Å². The zero-order chi connectivity index (χ0) is 19.1. The van der Waals surface area contributed by atoms with Crippen LogP contribution in [0, 0.1) is 17.3 Å². The van der Waals surface area contributed by atoms with E-state index in [1.54, 1.807) is 11.0 Å². The Labute approximate surface area is 165 Å². The topological polar surface area (TPSA) is 54.5 Å². The zero-order valence-corrected chi connectivity index (χ0v) is 17.2. The number of halogens is 2. The molecule has 4 nitrogen and oxygen atoms in total. The Morgan fingerprint density at radius 3 is 2.46 bits per heavy atom. The van der Waals surface area contributed by atoms with Crippen LogP contribution in [0.25, 0.3) is 0 Å². The number of carbonyl (C=O) groups excluding carboxylic acids is 1. The van der Waals surface area contributed by atoms with Gasteiger partial charge in [-0.3, -0.25) is 4.79 Å². The molecule has 1 aliphatic carbocycles. The number of rotatable bonds is 5. The predicted octanol–water partition coefficient (Wildman–Crippen LogP) is 3.79. The molecule has 1 heterocycles. The van der Waals surface area contributed by atoms with Crippen LogP contribution >= 0.6 is 23.2 Å². The van der Waals surface area contributed by atoms with Gasteiger partial charge >= 0.3 is 0 Å². The van der Waals surface area contributed by atoms with E-state index in [4.69, 9.17) is 23.2 Å². The van der Waals surface area contributed by atoms with Crippen LogP contribution in [0.5, 0.6) is 0 Å². The van der Waals surface area contributed by atoms with E-state index < -0.39 is 9.84 Å². The lowest BCUT2D eigenvalue weighted by atomic mass is 10.1. The second kappa shape index (κ2) is 7.17. The average molecular weight is 416 g/mol. The van der Waals surface area contributed by atoms with Crippen LogP contribution in [0.2, 0.25) is 0 Å². The van der Waals surface area contributed by atoms with Crippen molar-refractivity contribution >= 4 is 38.9 Å². The molecule has 1 aliphatic heterocycles. The number of sulfone groups is 1. The summed E-state index contributed by atoms with van der Waals surface area (Å²) in [4.78, 5) is 15.1. The van der Waals surface area contributed by atoms with Crippen LogP contribution in [0.15, 0.2) is 40.9 Å². The summed E-state index contributed by atoms with van der Waals surface area (Å²) < 4.78 is 24.1. The van der Waals surface area contributed by atoms with Crippen molar-refractivity contribution in [3.05, 3.63) is 46.5 Å². The second-order valence-electron chi connectivity index (χ2n) is 7.79. The van der Waals surface area contributed by atoms with Crippen molar-refractivity contribution in [3.8, 4) is 0 Å². The number of amides is 1. The minimum atomic E-state index is -3.08. The molecule has 0 N–H and O–H groups in total. The number of hydrogen-bond acceptors (Lipinski definition) is 3. The van der Waals surface area contributed by atoms with Gasteiger partial charge in [-0.15, -0.1) is 0 Å². The Balaban J connectivity index is 1.86. The standard InChI is InChI=1S/C19H23Cl2NO3S/c1-19(2)15(10-16(20)21)17(19)18(23)22(11-13-6-4-3-5-7-13)14-8-9-26(24,25)12-14/h3-7,10,14-15,17H,8-9,11-12H2,1-2H3/t14-,15+,17+/m0/s1. The average Bonchev–Trinajstić information content (AvgIpc) is 2.89. The highest BCUT2D eigenvalue weighted by Crippen LogP contribution is 2.60. The molecule has 0 aromatic heterocycles. The van der Waals surface area contributed by atoms with Gasteiger partial charge in [-0.1, -0.05) is 67.4 Å². The molecule has 0 unspecified atom stereocenters. The summed E-state index contributed by atoms with van der Waals surface area (Å²) in [5.41, 5.74) is 0.754. The van der Waals surface area contributed by atoms with Crippen LogP contribution < -0.4 is 0 Å². The smallest absolute Gasteiger partial charge is 0.227 e. The van der Waals surface area contributed by atoms with E-state index in [1.807, 2.05) is 44.2 Å². The Hall–Kier alpha value is -1.04. The van der Waals surface area contributed by atoms with Crippen molar-refractivity contribution in [1.29, 1.82) is 0 Å². The van der Waals surface area contributed by atoms with Gasteiger partial charge in [0, 0.05) is 12.6 Å². The SMILES string of the molecule is CC1(C)[C@H](C=C(Cl)Cl)[C@@H]1C(=O)N(Cc1ccccc1)[C@H]1CCS(=O)(=O)C1. The van der Waals surface area contributed by atoms with Gasteiger partial charge < -0.3 is 4.90 Å². The molecule has 7 heteroatoms. The largest absolute Gasteiger partial charge is 0.334 e. The lowest BCUT2D eigenvalue weighted by molar-refractivity contribution is -0.136. The highest BCUT2D eigenvalue weighted by atomic mass is 35.5. The molecule has 1 saturated carbocycles. The van der Waals surface area contributed by atoms with Crippen molar-refractivity contribution in [2.24, 2.45) is 17.3 Å².